The quantitative estimate of drug-likeness (QED) is 0.774. The minimum Gasteiger partial charge on any atom is -0.395 e. The van der Waals surface area contributed by atoms with Crippen LogP contribution in [0.15, 0.2) is 60.7 Å². The van der Waals surface area contributed by atoms with E-state index in [1.54, 1.807) is 11.8 Å². The van der Waals surface area contributed by atoms with Gasteiger partial charge in [0.2, 0.25) is 11.8 Å². The summed E-state index contributed by atoms with van der Waals surface area (Å²) in [6.45, 7) is 2.14. The summed E-state index contributed by atoms with van der Waals surface area (Å²) in [5, 5.41) is 11.7. The smallest absolute Gasteiger partial charge is 0.247 e. The average Bonchev–Trinajstić information content (AvgIpc) is 2.67. The second-order valence-corrected chi connectivity index (χ2v) is 5.69. The Morgan fingerprint density at radius 3 is 2.20 bits per heavy atom. The van der Waals surface area contributed by atoms with Crippen molar-refractivity contribution in [2.24, 2.45) is 0 Å². The molecule has 0 saturated carbocycles. The highest BCUT2D eigenvalue weighted by atomic mass is 16.3. The van der Waals surface area contributed by atoms with Gasteiger partial charge in [-0.2, -0.15) is 0 Å². The molecule has 0 aliphatic rings. The largest absolute Gasteiger partial charge is 0.395 e. The molecular weight excluding hydrogens is 316 g/mol. The van der Waals surface area contributed by atoms with Gasteiger partial charge in [0, 0.05) is 19.5 Å². The first-order valence-corrected chi connectivity index (χ1v) is 8.44. The van der Waals surface area contributed by atoms with Crippen molar-refractivity contribution in [3.63, 3.8) is 0 Å². The zero-order chi connectivity index (χ0) is 18.1. The Kier molecular flexibility index (Phi) is 7.16. The van der Waals surface area contributed by atoms with Crippen molar-refractivity contribution in [2.75, 3.05) is 13.2 Å². The van der Waals surface area contributed by atoms with Crippen LogP contribution in [0, 0.1) is 0 Å². The number of nitrogens with one attached hydrogen (secondary N) is 1. The van der Waals surface area contributed by atoms with Crippen molar-refractivity contribution < 1.29 is 14.7 Å². The standard InChI is InChI=1S/C20H24N2O3/c1-2-18(24)22(15-16-9-5-3-6-10-16)19(20(25)21-13-14-23)17-11-7-4-8-12-17/h3-12,19,23H,2,13-15H2,1H3,(H,21,25). The molecule has 1 unspecified atom stereocenters. The van der Waals surface area contributed by atoms with E-state index in [-0.39, 0.29) is 25.0 Å². The fourth-order valence-electron chi connectivity index (χ4n) is 2.69. The highest BCUT2D eigenvalue weighted by molar-refractivity contribution is 5.88. The summed E-state index contributed by atoms with van der Waals surface area (Å²) in [6.07, 6.45) is 0.309. The van der Waals surface area contributed by atoms with E-state index in [1.807, 2.05) is 60.7 Å². The van der Waals surface area contributed by atoms with Crippen LogP contribution in [0.25, 0.3) is 0 Å². The summed E-state index contributed by atoms with van der Waals surface area (Å²) in [6, 6.07) is 18.1. The molecule has 0 fully saturated rings. The topological polar surface area (TPSA) is 69.6 Å². The van der Waals surface area contributed by atoms with Crippen molar-refractivity contribution in [3.8, 4) is 0 Å². The summed E-state index contributed by atoms with van der Waals surface area (Å²) in [4.78, 5) is 26.9. The molecule has 0 heterocycles. The van der Waals surface area contributed by atoms with Crippen molar-refractivity contribution in [2.45, 2.75) is 25.9 Å². The lowest BCUT2D eigenvalue weighted by molar-refractivity contribution is -0.141. The van der Waals surface area contributed by atoms with Crippen LogP contribution < -0.4 is 5.32 Å². The van der Waals surface area contributed by atoms with Crippen molar-refractivity contribution in [1.29, 1.82) is 0 Å². The van der Waals surface area contributed by atoms with Crippen LogP contribution >= 0.6 is 0 Å². The van der Waals surface area contributed by atoms with E-state index in [0.717, 1.165) is 11.1 Å². The lowest BCUT2D eigenvalue weighted by Gasteiger charge is -2.31. The van der Waals surface area contributed by atoms with Crippen LogP contribution in [0.2, 0.25) is 0 Å². The van der Waals surface area contributed by atoms with Crippen molar-refractivity contribution in [3.05, 3.63) is 71.8 Å². The van der Waals surface area contributed by atoms with E-state index in [1.165, 1.54) is 0 Å². The molecule has 5 nitrogen and oxygen atoms in total. The van der Waals surface area contributed by atoms with E-state index in [2.05, 4.69) is 5.32 Å². The molecule has 0 aliphatic heterocycles. The molecule has 0 radical (unpaired) electrons. The molecule has 0 aromatic heterocycles. The molecule has 25 heavy (non-hydrogen) atoms. The van der Waals surface area contributed by atoms with Crippen LogP contribution in [0.4, 0.5) is 0 Å². The van der Waals surface area contributed by atoms with Gasteiger partial charge in [0.05, 0.1) is 6.61 Å². The molecule has 2 rings (SSSR count). The highest BCUT2D eigenvalue weighted by Gasteiger charge is 2.30. The van der Waals surface area contributed by atoms with Gasteiger partial charge < -0.3 is 15.3 Å². The van der Waals surface area contributed by atoms with E-state index in [9.17, 15) is 9.59 Å². The van der Waals surface area contributed by atoms with Crippen LogP contribution in [0.1, 0.15) is 30.5 Å². The number of benzene rings is 2. The van der Waals surface area contributed by atoms with Gasteiger partial charge in [-0.25, -0.2) is 0 Å². The van der Waals surface area contributed by atoms with Crippen molar-refractivity contribution >= 4 is 11.8 Å². The van der Waals surface area contributed by atoms with E-state index in [0.29, 0.717) is 13.0 Å². The van der Waals surface area contributed by atoms with Crippen LogP contribution in [0.3, 0.4) is 0 Å². The number of hydrogen-bond acceptors (Lipinski definition) is 3. The Hall–Kier alpha value is -2.66. The first kappa shape index (κ1) is 18.7. The Morgan fingerprint density at radius 2 is 1.64 bits per heavy atom. The monoisotopic (exact) mass is 340 g/mol. The zero-order valence-corrected chi connectivity index (χ0v) is 14.4. The zero-order valence-electron chi connectivity index (χ0n) is 14.4. The van der Waals surface area contributed by atoms with Crippen LogP contribution in [0.5, 0.6) is 0 Å². The molecule has 0 saturated heterocycles. The van der Waals surface area contributed by atoms with Gasteiger partial charge in [0.1, 0.15) is 6.04 Å². The molecule has 1 atom stereocenters. The summed E-state index contributed by atoms with van der Waals surface area (Å²) < 4.78 is 0. The second kappa shape index (κ2) is 9.59. The Balaban J connectivity index is 2.37. The van der Waals surface area contributed by atoms with Gasteiger partial charge in [0.15, 0.2) is 0 Å². The SMILES string of the molecule is CCC(=O)N(Cc1ccccc1)C(C(=O)NCCO)c1ccccc1. The number of aliphatic hydroxyl groups is 1. The van der Waals surface area contributed by atoms with E-state index < -0.39 is 6.04 Å². The van der Waals surface area contributed by atoms with Crippen LogP contribution in [-0.2, 0) is 16.1 Å². The summed E-state index contributed by atoms with van der Waals surface area (Å²) >= 11 is 0. The predicted molar refractivity (Wildman–Crippen MR) is 96.6 cm³/mol. The highest BCUT2D eigenvalue weighted by Crippen LogP contribution is 2.24. The molecular formula is C20H24N2O3. The first-order valence-electron chi connectivity index (χ1n) is 8.44. The molecule has 2 aromatic carbocycles. The number of rotatable bonds is 8. The number of carbonyl (C=O) groups is 2. The van der Waals surface area contributed by atoms with Gasteiger partial charge in [-0.15, -0.1) is 0 Å². The Labute approximate surface area is 148 Å². The van der Waals surface area contributed by atoms with Crippen LogP contribution in [-0.4, -0.2) is 35.0 Å². The number of hydrogen-bond donors (Lipinski definition) is 2. The number of amides is 2. The first-order chi connectivity index (χ1) is 12.2. The fourth-order valence-corrected chi connectivity index (χ4v) is 2.69. The van der Waals surface area contributed by atoms with Gasteiger partial charge in [-0.1, -0.05) is 67.6 Å². The predicted octanol–water partition coefficient (Wildman–Crippen LogP) is 2.28. The number of nitrogens with zero attached hydrogens (tertiary/aromatic N) is 1. The normalized spacial score (nSPS) is 11.6. The number of carbonyl (C=O) groups excluding carboxylic acids is 2. The molecule has 0 bridgehead atoms. The van der Waals surface area contributed by atoms with Gasteiger partial charge in [0.25, 0.3) is 0 Å². The third-order valence-corrected chi connectivity index (χ3v) is 3.90. The molecule has 132 valence electrons. The van der Waals surface area contributed by atoms with Gasteiger partial charge in [-0.05, 0) is 11.1 Å². The molecule has 2 amide bonds. The number of aliphatic hydroxyl groups excluding tert-OH is 1. The Morgan fingerprint density at radius 1 is 1.04 bits per heavy atom. The van der Waals surface area contributed by atoms with Gasteiger partial charge >= 0.3 is 0 Å². The molecule has 0 spiro atoms. The lowest BCUT2D eigenvalue weighted by atomic mass is 10.0. The Bertz CT molecular complexity index is 674. The summed E-state index contributed by atoms with van der Waals surface area (Å²) in [5.74, 6) is -0.394. The third-order valence-electron chi connectivity index (χ3n) is 3.90. The maximum Gasteiger partial charge on any atom is 0.247 e. The minimum absolute atomic E-state index is 0.100. The molecule has 2 aromatic rings. The lowest BCUT2D eigenvalue weighted by Crippen LogP contribution is -2.43. The maximum absolute atomic E-state index is 12.7. The molecule has 2 N–H and O–H groups in total. The van der Waals surface area contributed by atoms with Gasteiger partial charge in [-0.3, -0.25) is 9.59 Å². The average molecular weight is 340 g/mol. The van der Waals surface area contributed by atoms with E-state index in [4.69, 9.17) is 5.11 Å². The minimum atomic E-state index is -0.736. The van der Waals surface area contributed by atoms with Crippen molar-refractivity contribution in [1.82, 2.24) is 10.2 Å². The van der Waals surface area contributed by atoms with E-state index >= 15 is 0 Å². The summed E-state index contributed by atoms with van der Waals surface area (Å²) in [5.41, 5.74) is 1.70. The third kappa shape index (κ3) is 5.16. The molecule has 0 aliphatic carbocycles. The maximum atomic E-state index is 12.7. The second-order valence-electron chi connectivity index (χ2n) is 5.69. The summed E-state index contributed by atoms with van der Waals surface area (Å²) in [7, 11) is 0. The molecule has 5 heteroatoms. The fraction of sp³-hybridized carbons (Fsp3) is 0.300.